The Morgan fingerprint density at radius 3 is 3.13 bits per heavy atom. The fraction of sp³-hybridized carbons (Fsp3) is 0.692. The Balaban J connectivity index is 2.05. The van der Waals surface area contributed by atoms with Crippen LogP contribution in [0.5, 0.6) is 0 Å². The minimum absolute atomic E-state index is 0.533. The van der Waals surface area contributed by atoms with Gasteiger partial charge in [-0.1, -0.05) is 6.92 Å². The van der Waals surface area contributed by atoms with E-state index in [1.807, 2.05) is 0 Å². The van der Waals surface area contributed by atoms with E-state index in [1.54, 1.807) is 15.3 Å². The van der Waals surface area contributed by atoms with Gasteiger partial charge in [0.15, 0.2) is 0 Å². The van der Waals surface area contributed by atoms with Gasteiger partial charge in [0, 0.05) is 21.7 Å². The number of fused-ring (bicyclic) bond motifs is 2. The van der Waals surface area contributed by atoms with Crippen molar-refractivity contribution in [1.29, 1.82) is 0 Å². The Hall–Kier alpha value is -0.340. The molecule has 0 aromatic carbocycles. The maximum atomic E-state index is 3.56. The zero-order valence-electron chi connectivity index (χ0n) is 9.44. The molecule has 0 radical (unpaired) electrons. The molecule has 1 aromatic heterocycles. The summed E-state index contributed by atoms with van der Waals surface area (Å²) in [4.78, 5) is 3.32. The van der Waals surface area contributed by atoms with Crippen molar-refractivity contribution in [3.05, 3.63) is 21.4 Å². The molecule has 1 saturated heterocycles. The van der Waals surface area contributed by atoms with E-state index in [4.69, 9.17) is 0 Å². The summed E-state index contributed by atoms with van der Waals surface area (Å²) in [6.07, 6.45) is 6.71. The van der Waals surface area contributed by atoms with Crippen molar-refractivity contribution in [3.63, 3.8) is 0 Å². The lowest BCUT2D eigenvalue weighted by molar-refractivity contribution is 0.402. The van der Waals surface area contributed by atoms with E-state index in [2.05, 4.69) is 29.6 Å². The van der Waals surface area contributed by atoms with Crippen molar-refractivity contribution in [1.82, 2.24) is 5.32 Å². The van der Waals surface area contributed by atoms with E-state index < -0.39 is 0 Å². The smallest absolute Gasteiger partial charge is 0.0187 e. The van der Waals surface area contributed by atoms with Crippen molar-refractivity contribution in [2.24, 2.45) is 0 Å². The van der Waals surface area contributed by atoms with Crippen molar-refractivity contribution in [3.8, 4) is 0 Å². The summed E-state index contributed by atoms with van der Waals surface area (Å²) in [6.45, 7) is 4.72. The third kappa shape index (κ3) is 1.46. The Bertz CT molecular complexity index is 361. The Labute approximate surface area is 95.9 Å². The zero-order chi connectivity index (χ0) is 10.3. The molecular formula is C13H19NS. The van der Waals surface area contributed by atoms with Gasteiger partial charge in [-0.25, -0.2) is 0 Å². The average molecular weight is 221 g/mol. The maximum Gasteiger partial charge on any atom is 0.0187 e. The third-order valence-corrected chi connectivity index (χ3v) is 5.60. The van der Waals surface area contributed by atoms with Gasteiger partial charge in [-0.15, -0.1) is 11.3 Å². The van der Waals surface area contributed by atoms with Gasteiger partial charge in [0.25, 0.3) is 0 Å². The highest BCUT2D eigenvalue weighted by molar-refractivity contribution is 7.12. The predicted octanol–water partition coefficient (Wildman–Crippen LogP) is 2.88. The normalized spacial score (nSPS) is 29.7. The standard InChI is InChI=1S/C13H19NS/c1-2-11-8-10-4-3-5-13(12(10)15-11)6-7-14-9-13/h8,14H,2-7,9H2,1H3. The summed E-state index contributed by atoms with van der Waals surface area (Å²) in [6, 6.07) is 2.47. The topological polar surface area (TPSA) is 12.0 Å². The lowest BCUT2D eigenvalue weighted by Gasteiger charge is -2.32. The van der Waals surface area contributed by atoms with Crippen LogP contribution >= 0.6 is 11.3 Å². The van der Waals surface area contributed by atoms with Gasteiger partial charge in [-0.3, -0.25) is 0 Å². The van der Waals surface area contributed by atoms with E-state index in [-0.39, 0.29) is 0 Å². The van der Waals surface area contributed by atoms with Crippen molar-refractivity contribution in [2.45, 2.75) is 44.4 Å². The Morgan fingerprint density at radius 2 is 2.40 bits per heavy atom. The molecule has 0 bridgehead atoms. The Morgan fingerprint density at radius 1 is 1.47 bits per heavy atom. The number of nitrogens with one attached hydrogen (secondary N) is 1. The lowest BCUT2D eigenvalue weighted by atomic mass is 9.74. The largest absolute Gasteiger partial charge is 0.316 e. The second-order valence-electron chi connectivity index (χ2n) is 4.98. The van der Waals surface area contributed by atoms with Gasteiger partial charge in [0.05, 0.1) is 0 Å². The fourth-order valence-corrected chi connectivity index (χ4v) is 4.57. The summed E-state index contributed by atoms with van der Waals surface area (Å²) in [5.41, 5.74) is 2.21. The van der Waals surface area contributed by atoms with Gasteiger partial charge in [-0.2, -0.15) is 0 Å². The molecule has 1 N–H and O–H groups in total. The molecule has 15 heavy (non-hydrogen) atoms. The molecule has 2 heteroatoms. The molecule has 1 nitrogen and oxygen atoms in total. The number of thiophene rings is 1. The average Bonchev–Trinajstić information content (AvgIpc) is 2.86. The third-order valence-electron chi connectivity index (χ3n) is 4.04. The van der Waals surface area contributed by atoms with Crippen LogP contribution in [0.4, 0.5) is 0 Å². The second-order valence-corrected chi connectivity index (χ2v) is 6.12. The maximum absolute atomic E-state index is 3.56. The summed E-state index contributed by atoms with van der Waals surface area (Å²) < 4.78 is 0. The van der Waals surface area contributed by atoms with Crippen LogP contribution in [0.15, 0.2) is 6.07 Å². The van der Waals surface area contributed by atoms with Crippen LogP contribution in [0.25, 0.3) is 0 Å². The molecule has 1 atom stereocenters. The summed E-state index contributed by atoms with van der Waals surface area (Å²) in [7, 11) is 0. The van der Waals surface area contributed by atoms with Crippen LogP contribution in [-0.4, -0.2) is 13.1 Å². The zero-order valence-corrected chi connectivity index (χ0v) is 10.3. The number of hydrogen-bond acceptors (Lipinski definition) is 2. The number of hydrogen-bond donors (Lipinski definition) is 1. The van der Waals surface area contributed by atoms with Crippen LogP contribution in [0.1, 0.15) is 41.5 Å². The quantitative estimate of drug-likeness (QED) is 0.769. The van der Waals surface area contributed by atoms with E-state index in [0.717, 1.165) is 0 Å². The van der Waals surface area contributed by atoms with Gasteiger partial charge in [-0.05, 0) is 50.3 Å². The molecule has 1 aromatic rings. The molecule has 2 aliphatic rings. The summed E-state index contributed by atoms with van der Waals surface area (Å²) in [5, 5.41) is 3.56. The van der Waals surface area contributed by atoms with E-state index in [9.17, 15) is 0 Å². The van der Waals surface area contributed by atoms with Gasteiger partial charge >= 0.3 is 0 Å². The molecular weight excluding hydrogens is 202 g/mol. The molecule has 1 unspecified atom stereocenters. The molecule has 2 heterocycles. The second kappa shape index (κ2) is 3.60. The number of rotatable bonds is 1. The van der Waals surface area contributed by atoms with Crippen LogP contribution in [0, 0.1) is 0 Å². The van der Waals surface area contributed by atoms with Crippen LogP contribution in [0.2, 0.25) is 0 Å². The lowest BCUT2D eigenvalue weighted by Crippen LogP contribution is -2.31. The van der Waals surface area contributed by atoms with Gasteiger partial charge in [0.2, 0.25) is 0 Å². The SMILES string of the molecule is CCc1cc2c(s1)C1(CCC2)CCNC1. The van der Waals surface area contributed by atoms with Crippen molar-refractivity contribution in [2.75, 3.05) is 13.1 Å². The van der Waals surface area contributed by atoms with Crippen LogP contribution < -0.4 is 5.32 Å². The van der Waals surface area contributed by atoms with Crippen molar-refractivity contribution < 1.29 is 0 Å². The molecule has 0 amide bonds. The van der Waals surface area contributed by atoms with Gasteiger partial charge < -0.3 is 5.32 Å². The summed E-state index contributed by atoms with van der Waals surface area (Å²) in [5.74, 6) is 0. The predicted molar refractivity (Wildman–Crippen MR) is 65.8 cm³/mol. The first-order valence-corrected chi connectivity index (χ1v) is 6.98. The van der Waals surface area contributed by atoms with Crippen LogP contribution in [-0.2, 0) is 18.3 Å². The molecule has 82 valence electrons. The first kappa shape index (κ1) is 9.86. The highest BCUT2D eigenvalue weighted by Gasteiger charge is 2.40. The van der Waals surface area contributed by atoms with E-state index >= 15 is 0 Å². The van der Waals surface area contributed by atoms with Crippen molar-refractivity contribution >= 4 is 11.3 Å². The van der Waals surface area contributed by atoms with Gasteiger partial charge in [0.1, 0.15) is 0 Å². The molecule has 0 saturated carbocycles. The Kier molecular flexibility index (Phi) is 2.37. The highest BCUT2D eigenvalue weighted by atomic mass is 32.1. The summed E-state index contributed by atoms with van der Waals surface area (Å²) >= 11 is 2.09. The fourth-order valence-electron chi connectivity index (χ4n) is 3.18. The molecule has 3 rings (SSSR count). The minimum atomic E-state index is 0.533. The number of aryl methyl sites for hydroxylation is 2. The first-order chi connectivity index (χ1) is 7.34. The van der Waals surface area contributed by atoms with E-state index in [1.165, 1.54) is 45.2 Å². The minimum Gasteiger partial charge on any atom is -0.316 e. The first-order valence-electron chi connectivity index (χ1n) is 6.17. The monoisotopic (exact) mass is 221 g/mol. The molecule has 1 fully saturated rings. The molecule has 1 spiro atoms. The van der Waals surface area contributed by atoms with E-state index in [0.29, 0.717) is 5.41 Å². The molecule has 1 aliphatic carbocycles. The molecule has 1 aliphatic heterocycles. The highest BCUT2D eigenvalue weighted by Crippen LogP contribution is 2.45. The van der Waals surface area contributed by atoms with Crippen LogP contribution in [0.3, 0.4) is 0 Å².